The van der Waals surface area contributed by atoms with Gasteiger partial charge in [-0.1, -0.05) is 6.07 Å². The Hall–Kier alpha value is -1.65. The minimum absolute atomic E-state index is 0.104. The molecule has 28 heavy (non-hydrogen) atoms. The fourth-order valence-electron chi connectivity index (χ4n) is 3.48. The maximum absolute atomic E-state index is 12.2. The minimum atomic E-state index is -5.08. The zero-order chi connectivity index (χ0) is 20.3. The molecule has 2 aliphatic heterocycles. The number of likely N-dealkylation sites (tertiary alicyclic amines) is 1. The SMILES string of the molecule is O=C(NCC1CC1)[C@H]1C[C@H]2[C@H](CCN2Cc2cccs2)O1.O=C(O)C(F)(F)F. The molecule has 0 radical (unpaired) electrons. The van der Waals surface area contributed by atoms with Crippen molar-refractivity contribution in [2.24, 2.45) is 5.92 Å². The average molecular weight is 420 g/mol. The summed E-state index contributed by atoms with van der Waals surface area (Å²) < 4.78 is 37.7. The lowest BCUT2D eigenvalue weighted by Crippen LogP contribution is -2.37. The molecule has 3 heterocycles. The molecule has 156 valence electrons. The van der Waals surface area contributed by atoms with Gasteiger partial charge in [-0.05, 0) is 36.6 Å². The van der Waals surface area contributed by atoms with Gasteiger partial charge in [-0.15, -0.1) is 11.3 Å². The number of hydrogen-bond donors (Lipinski definition) is 2. The highest BCUT2D eigenvalue weighted by Crippen LogP contribution is 2.34. The Bertz CT molecular complexity index is 679. The summed E-state index contributed by atoms with van der Waals surface area (Å²) in [5.74, 6) is -1.93. The molecule has 10 heteroatoms. The van der Waals surface area contributed by atoms with E-state index in [1.165, 1.54) is 17.7 Å². The highest BCUT2D eigenvalue weighted by atomic mass is 32.1. The van der Waals surface area contributed by atoms with E-state index in [2.05, 4.69) is 27.7 Å². The van der Waals surface area contributed by atoms with Crippen LogP contribution in [0.3, 0.4) is 0 Å². The zero-order valence-electron chi connectivity index (χ0n) is 15.2. The van der Waals surface area contributed by atoms with Gasteiger partial charge >= 0.3 is 12.1 Å². The van der Waals surface area contributed by atoms with Crippen LogP contribution in [-0.2, 0) is 20.9 Å². The predicted octanol–water partition coefficient (Wildman–Crippen LogP) is 2.64. The second-order valence-electron chi connectivity index (χ2n) is 7.30. The highest BCUT2D eigenvalue weighted by Gasteiger charge is 2.45. The van der Waals surface area contributed by atoms with Crippen LogP contribution in [0.4, 0.5) is 13.2 Å². The number of carbonyl (C=O) groups excluding carboxylic acids is 1. The van der Waals surface area contributed by atoms with Crippen molar-refractivity contribution in [1.82, 2.24) is 10.2 Å². The van der Waals surface area contributed by atoms with Crippen LogP contribution >= 0.6 is 11.3 Å². The van der Waals surface area contributed by atoms with Crippen molar-refractivity contribution in [3.8, 4) is 0 Å². The third kappa shape index (κ3) is 5.68. The molecule has 3 aliphatic rings. The second-order valence-corrected chi connectivity index (χ2v) is 8.33. The Morgan fingerprint density at radius 1 is 1.32 bits per heavy atom. The van der Waals surface area contributed by atoms with E-state index >= 15 is 0 Å². The van der Waals surface area contributed by atoms with Crippen molar-refractivity contribution in [1.29, 1.82) is 0 Å². The predicted molar refractivity (Wildman–Crippen MR) is 95.8 cm³/mol. The summed E-state index contributed by atoms with van der Waals surface area (Å²) in [6, 6.07) is 4.71. The van der Waals surface area contributed by atoms with Crippen LogP contribution in [0.5, 0.6) is 0 Å². The molecule has 1 aromatic rings. The van der Waals surface area contributed by atoms with Gasteiger partial charge in [0.25, 0.3) is 0 Å². The third-order valence-electron chi connectivity index (χ3n) is 5.13. The fraction of sp³-hybridized carbons (Fsp3) is 0.667. The number of fused-ring (bicyclic) bond motifs is 1. The van der Waals surface area contributed by atoms with Gasteiger partial charge in [-0.3, -0.25) is 9.69 Å². The highest BCUT2D eigenvalue weighted by molar-refractivity contribution is 7.09. The van der Waals surface area contributed by atoms with Gasteiger partial charge in [-0.25, -0.2) is 4.79 Å². The standard InChI is InChI=1S/C16H22N2O2S.C2HF3O2/c19-16(17-9-11-3-4-11)15-8-13-14(20-15)5-6-18(13)10-12-2-1-7-21-12;3-2(4,5)1(6)7/h1-2,7,11,13-15H,3-6,8-10H2,(H,17,19);(H,6,7)/t13-,14-,15+;/m0./s1. The van der Waals surface area contributed by atoms with Gasteiger partial charge in [-0.2, -0.15) is 13.2 Å². The molecule has 4 rings (SSSR count). The van der Waals surface area contributed by atoms with Crippen molar-refractivity contribution >= 4 is 23.2 Å². The number of ether oxygens (including phenoxy) is 1. The number of carbonyl (C=O) groups is 2. The van der Waals surface area contributed by atoms with Crippen molar-refractivity contribution in [2.75, 3.05) is 13.1 Å². The number of nitrogens with one attached hydrogen (secondary N) is 1. The number of carboxylic acids is 1. The number of halogens is 3. The Labute approximate surface area is 164 Å². The first-order valence-corrected chi connectivity index (χ1v) is 10.1. The first-order valence-electron chi connectivity index (χ1n) is 9.23. The molecule has 1 amide bonds. The summed E-state index contributed by atoms with van der Waals surface area (Å²) in [5.41, 5.74) is 0. The van der Waals surface area contributed by atoms with E-state index in [0.717, 1.165) is 38.4 Å². The molecule has 0 spiro atoms. The molecule has 6 nitrogen and oxygen atoms in total. The van der Waals surface area contributed by atoms with E-state index < -0.39 is 12.1 Å². The first-order chi connectivity index (χ1) is 13.2. The summed E-state index contributed by atoms with van der Waals surface area (Å²) >= 11 is 1.81. The number of thiophene rings is 1. The average Bonchev–Trinajstić information content (AvgIpc) is 3.01. The van der Waals surface area contributed by atoms with Crippen molar-refractivity contribution in [3.05, 3.63) is 22.4 Å². The monoisotopic (exact) mass is 420 g/mol. The number of aliphatic carboxylic acids is 1. The number of amides is 1. The van der Waals surface area contributed by atoms with Gasteiger partial charge in [0, 0.05) is 37.0 Å². The quantitative estimate of drug-likeness (QED) is 0.766. The number of hydrogen-bond acceptors (Lipinski definition) is 5. The molecule has 1 aromatic heterocycles. The van der Waals surface area contributed by atoms with Gasteiger partial charge < -0.3 is 15.2 Å². The van der Waals surface area contributed by atoms with E-state index in [1.807, 2.05) is 11.3 Å². The largest absolute Gasteiger partial charge is 0.490 e. The lowest BCUT2D eigenvalue weighted by Gasteiger charge is -2.21. The van der Waals surface area contributed by atoms with Crippen LogP contribution in [-0.4, -0.2) is 59.4 Å². The number of carboxylic acid groups (broad SMARTS) is 1. The summed E-state index contributed by atoms with van der Waals surface area (Å²) in [4.78, 5) is 25.0. The van der Waals surface area contributed by atoms with Crippen LogP contribution in [0.25, 0.3) is 0 Å². The Kier molecular flexibility index (Phi) is 6.61. The summed E-state index contributed by atoms with van der Waals surface area (Å²) in [5, 5.41) is 12.3. The smallest absolute Gasteiger partial charge is 0.475 e. The molecule has 0 aromatic carbocycles. The van der Waals surface area contributed by atoms with Gasteiger partial charge in [0.1, 0.15) is 6.10 Å². The number of nitrogens with zero attached hydrogens (tertiary/aromatic N) is 1. The molecule has 0 bridgehead atoms. The van der Waals surface area contributed by atoms with Crippen LogP contribution < -0.4 is 5.32 Å². The topological polar surface area (TPSA) is 78.9 Å². The van der Waals surface area contributed by atoms with Gasteiger partial charge in [0.2, 0.25) is 5.91 Å². The Morgan fingerprint density at radius 2 is 2.04 bits per heavy atom. The second kappa shape index (κ2) is 8.79. The van der Waals surface area contributed by atoms with Crippen LogP contribution in [0.15, 0.2) is 17.5 Å². The van der Waals surface area contributed by atoms with Crippen molar-refractivity contribution < 1.29 is 32.6 Å². The van der Waals surface area contributed by atoms with Gasteiger partial charge in [0.15, 0.2) is 0 Å². The fourth-order valence-corrected chi connectivity index (χ4v) is 4.21. The number of rotatable bonds is 5. The van der Waals surface area contributed by atoms with E-state index in [9.17, 15) is 18.0 Å². The normalized spacial score (nSPS) is 27.0. The van der Waals surface area contributed by atoms with E-state index in [0.29, 0.717) is 6.04 Å². The molecule has 1 saturated carbocycles. The van der Waals surface area contributed by atoms with Crippen LogP contribution in [0, 0.1) is 5.92 Å². The molecule has 3 fully saturated rings. The van der Waals surface area contributed by atoms with E-state index in [4.69, 9.17) is 14.6 Å². The minimum Gasteiger partial charge on any atom is -0.475 e. The molecular formula is C18H23F3N2O4S. The van der Waals surface area contributed by atoms with Crippen molar-refractivity contribution in [3.63, 3.8) is 0 Å². The maximum Gasteiger partial charge on any atom is 0.490 e. The summed E-state index contributed by atoms with van der Waals surface area (Å²) in [6.45, 7) is 2.93. The zero-order valence-corrected chi connectivity index (χ0v) is 16.0. The molecule has 3 atom stereocenters. The molecule has 2 saturated heterocycles. The molecule has 2 N–H and O–H groups in total. The molecular weight excluding hydrogens is 397 g/mol. The summed E-state index contributed by atoms with van der Waals surface area (Å²) in [6.07, 6.45) is -0.613. The number of alkyl halides is 3. The Balaban J connectivity index is 0.000000279. The molecule has 0 unspecified atom stereocenters. The lowest BCUT2D eigenvalue weighted by atomic mass is 10.1. The molecule has 1 aliphatic carbocycles. The lowest BCUT2D eigenvalue weighted by molar-refractivity contribution is -0.192. The first kappa shape index (κ1) is 21.1. The van der Waals surface area contributed by atoms with E-state index in [-0.39, 0.29) is 18.1 Å². The van der Waals surface area contributed by atoms with Crippen LogP contribution in [0.2, 0.25) is 0 Å². The summed E-state index contributed by atoms with van der Waals surface area (Å²) in [7, 11) is 0. The van der Waals surface area contributed by atoms with Crippen molar-refractivity contribution in [2.45, 2.75) is 56.7 Å². The van der Waals surface area contributed by atoms with E-state index in [1.54, 1.807) is 0 Å². The van der Waals surface area contributed by atoms with Gasteiger partial charge in [0.05, 0.1) is 6.10 Å². The maximum atomic E-state index is 12.2. The van der Waals surface area contributed by atoms with Crippen LogP contribution in [0.1, 0.15) is 30.6 Å². The Morgan fingerprint density at radius 3 is 2.61 bits per heavy atom. The third-order valence-corrected chi connectivity index (χ3v) is 5.99.